The fraction of sp³-hybridized carbons (Fsp3) is 0.211. The molecule has 0 saturated carbocycles. The fourth-order valence-electron chi connectivity index (χ4n) is 3.36. The van der Waals surface area contributed by atoms with Crippen molar-refractivity contribution in [1.82, 2.24) is 14.9 Å². The normalized spacial score (nSPS) is 14.4. The number of nitrogens with zero attached hydrogens (tertiary/aromatic N) is 3. The van der Waals surface area contributed by atoms with Gasteiger partial charge in [-0.2, -0.15) is 4.39 Å². The number of benzene rings is 1. The van der Waals surface area contributed by atoms with E-state index in [4.69, 9.17) is 0 Å². The first-order chi connectivity index (χ1) is 13.9. The van der Waals surface area contributed by atoms with E-state index in [-0.39, 0.29) is 16.9 Å². The lowest BCUT2D eigenvalue weighted by molar-refractivity contribution is 0.0695. The summed E-state index contributed by atoms with van der Waals surface area (Å²) in [5.74, 6) is -4.29. The summed E-state index contributed by atoms with van der Waals surface area (Å²) in [5.41, 5.74) is -2.22. The highest BCUT2D eigenvalue weighted by Crippen LogP contribution is 2.26. The summed E-state index contributed by atoms with van der Waals surface area (Å²) in [7, 11) is 0. The van der Waals surface area contributed by atoms with E-state index < -0.39 is 40.1 Å². The predicted molar refractivity (Wildman–Crippen MR) is 99.3 cm³/mol. The number of carbonyl (C=O) groups is 1. The molecule has 3 aromatic rings. The Labute approximate surface area is 162 Å². The molecule has 1 aliphatic rings. The van der Waals surface area contributed by atoms with Gasteiger partial charge >= 0.3 is 5.97 Å². The van der Waals surface area contributed by atoms with Crippen LogP contribution in [0.2, 0.25) is 0 Å². The number of hydrogen-bond donors (Lipinski definition) is 2. The van der Waals surface area contributed by atoms with Gasteiger partial charge in [-0.1, -0.05) is 0 Å². The summed E-state index contributed by atoms with van der Waals surface area (Å²) < 4.78 is 43.5. The maximum Gasteiger partial charge on any atom is 0.341 e. The SMILES string of the molecule is O=C(O)c1cn(-c2ccc(F)cc2F)c2cc(N3CCNCC3)c(F)nc2c1=O. The zero-order valence-electron chi connectivity index (χ0n) is 15.0. The number of aromatic carboxylic acids is 1. The lowest BCUT2D eigenvalue weighted by Gasteiger charge is -2.29. The summed E-state index contributed by atoms with van der Waals surface area (Å²) in [6.45, 7) is 2.22. The van der Waals surface area contributed by atoms with E-state index in [1.807, 2.05) is 0 Å². The molecule has 7 nitrogen and oxygen atoms in total. The second-order valence-corrected chi connectivity index (χ2v) is 6.55. The zero-order chi connectivity index (χ0) is 20.7. The van der Waals surface area contributed by atoms with Gasteiger partial charge in [0, 0.05) is 38.4 Å². The summed E-state index contributed by atoms with van der Waals surface area (Å²) in [4.78, 5) is 29.4. The molecule has 0 bridgehead atoms. The molecule has 2 aromatic heterocycles. The molecule has 0 aliphatic carbocycles. The van der Waals surface area contributed by atoms with Gasteiger partial charge < -0.3 is 19.9 Å². The minimum atomic E-state index is -1.57. The van der Waals surface area contributed by atoms with Crippen molar-refractivity contribution in [2.45, 2.75) is 0 Å². The van der Waals surface area contributed by atoms with Crippen LogP contribution >= 0.6 is 0 Å². The number of rotatable bonds is 3. The number of halogens is 3. The molecule has 0 amide bonds. The van der Waals surface area contributed by atoms with Crippen molar-refractivity contribution in [3.63, 3.8) is 0 Å². The van der Waals surface area contributed by atoms with Crippen molar-refractivity contribution in [3.05, 3.63) is 63.8 Å². The average molecular weight is 404 g/mol. The minimum absolute atomic E-state index is 0.0143. The third-order valence-electron chi connectivity index (χ3n) is 4.77. The van der Waals surface area contributed by atoms with Crippen LogP contribution in [0, 0.1) is 17.6 Å². The van der Waals surface area contributed by atoms with Crippen LogP contribution in [-0.4, -0.2) is 46.8 Å². The van der Waals surface area contributed by atoms with Crippen LogP contribution in [-0.2, 0) is 0 Å². The zero-order valence-corrected chi connectivity index (χ0v) is 15.0. The van der Waals surface area contributed by atoms with Crippen LogP contribution in [0.15, 0.2) is 35.3 Å². The molecule has 10 heteroatoms. The van der Waals surface area contributed by atoms with Gasteiger partial charge in [0.05, 0.1) is 16.9 Å². The lowest BCUT2D eigenvalue weighted by Crippen LogP contribution is -2.44. The Hall–Kier alpha value is -3.40. The van der Waals surface area contributed by atoms with Crippen molar-refractivity contribution in [1.29, 1.82) is 0 Å². The average Bonchev–Trinajstić information content (AvgIpc) is 2.69. The Kier molecular flexibility index (Phi) is 4.71. The molecule has 0 radical (unpaired) electrons. The molecule has 1 aromatic carbocycles. The van der Waals surface area contributed by atoms with Crippen LogP contribution in [0.4, 0.5) is 18.9 Å². The molecule has 2 N–H and O–H groups in total. The summed E-state index contributed by atoms with van der Waals surface area (Å²) in [5, 5.41) is 12.5. The highest BCUT2D eigenvalue weighted by molar-refractivity contribution is 5.92. The number of hydrogen-bond acceptors (Lipinski definition) is 5. The first-order valence-electron chi connectivity index (χ1n) is 8.77. The molecule has 1 saturated heterocycles. The van der Waals surface area contributed by atoms with Crippen LogP contribution < -0.4 is 15.6 Å². The molecule has 29 heavy (non-hydrogen) atoms. The van der Waals surface area contributed by atoms with E-state index in [1.165, 1.54) is 6.07 Å². The highest BCUT2D eigenvalue weighted by atomic mass is 19.1. The van der Waals surface area contributed by atoms with Crippen LogP contribution in [0.25, 0.3) is 16.7 Å². The number of carboxylic acid groups (broad SMARTS) is 1. The molecular formula is C19H15F3N4O3. The maximum atomic E-state index is 14.7. The largest absolute Gasteiger partial charge is 0.477 e. The van der Waals surface area contributed by atoms with E-state index in [9.17, 15) is 27.9 Å². The number of pyridine rings is 2. The van der Waals surface area contributed by atoms with Gasteiger partial charge in [-0.15, -0.1) is 0 Å². The minimum Gasteiger partial charge on any atom is -0.477 e. The van der Waals surface area contributed by atoms with Crippen molar-refractivity contribution in [2.75, 3.05) is 31.1 Å². The monoisotopic (exact) mass is 404 g/mol. The Morgan fingerprint density at radius 3 is 2.48 bits per heavy atom. The van der Waals surface area contributed by atoms with Crippen LogP contribution in [0.3, 0.4) is 0 Å². The molecule has 1 fully saturated rings. The molecule has 3 heterocycles. The smallest absolute Gasteiger partial charge is 0.341 e. The predicted octanol–water partition coefficient (Wildman–Crippen LogP) is 1.91. The van der Waals surface area contributed by atoms with Gasteiger partial charge in [0.15, 0.2) is 0 Å². The van der Waals surface area contributed by atoms with Crippen molar-refractivity contribution < 1.29 is 23.1 Å². The number of aromatic nitrogens is 2. The number of anilines is 1. The Morgan fingerprint density at radius 1 is 1.10 bits per heavy atom. The Balaban J connectivity index is 2.05. The number of fused-ring (bicyclic) bond motifs is 1. The fourth-order valence-corrected chi connectivity index (χ4v) is 3.36. The van der Waals surface area contributed by atoms with E-state index in [0.29, 0.717) is 32.2 Å². The van der Waals surface area contributed by atoms with E-state index in [0.717, 1.165) is 22.9 Å². The Morgan fingerprint density at radius 2 is 1.83 bits per heavy atom. The Bertz CT molecular complexity index is 1190. The van der Waals surface area contributed by atoms with Gasteiger partial charge in [-0.05, 0) is 18.2 Å². The van der Waals surface area contributed by atoms with E-state index >= 15 is 0 Å². The second kappa shape index (κ2) is 7.21. The van der Waals surface area contributed by atoms with Crippen molar-refractivity contribution in [3.8, 4) is 5.69 Å². The standard InChI is InChI=1S/C19H15F3N4O3/c20-10-1-2-13(12(21)7-10)26-9-11(19(28)29)17(27)16-14(26)8-15(18(22)24-16)25-5-3-23-4-6-25/h1-2,7-9,23H,3-6H2,(H,28,29). The summed E-state index contributed by atoms with van der Waals surface area (Å²) >= 11 is 0. The van der Waals surface area contributed by atoms with Crippen LogP contribution in [0.5, 0.6) is 0 Å². The lowest BCUT2D eigenvalue weighted by atomic mass is 10.1. The summed E-state index contributed by atoms with van der Waals surface area (Å²) in [6, 6.07) is 4.07. The van der Waals surface area contributed by atoms with E-state index in [1.54, 1.807) is 4.90 Å². The molecule has 150 valence electrons. The molecule has 0 unspecified atom stereocenters. The molecule has 0 atom stereocenters. The topological polar surface area (TPSA) is 87.5 Å². The highest BCUT2D eigenvalue weighted by Gasteiger charge is 2.23. The molecular weight excluding hydrogens is 389 g/mol. The summed E-state index contributed by atoms with van der Waals surface area (Å²) in [6.07, 6.45) is 0.935. The molecule has 0 spiro atoms. The third-order valence-corrected chi connectivity index (χ3v) is 4.77. The second-order valence-electron chi connectivity index (χ2n) is 6.55. The quantitative estimate of drug-likeness (QED) is 0.649. The maximum absolute atomic E-state index is 14.7. The third kappa shape index (κ3) is 3.31. The number of nitrogens with one attached hydrogen (secondary N) is 1. The van der Waals surface area contributed by atoms with Gasteiger partial charge in [-0.25, -0.2) is 18.6 Å². The van der Waals surface area contributed by atoms with Crippen molar-refractivity contribution in [2.24, 2.45) is 0 Å². The van der Waals surface area contributed by atoms with Crippen LogP contribution in [0.1, 0.15) is 10.4 Å². The first kappa shape index (κ1) is 18.9. The molecule has 4 rings (SSSR count). The van der Waals surface area contributed by atoms with Gasteiger partial charge in [0.1, 0.15) is 22.7 Å². The van der Waals surface area contributed by atoms with Crippen molar-refractivity contribution >= 4 is 22.7 Å². The number of carboxylic acids is 1. The first-order valence-corrected chi connectivity index (χ1v) is 8.77. The number of piperazine rings is 1. The van der Waals surface area contributed by atoms with Gasteiger partial charge in [0.25, 0.3) is 0 Å². The van der Waals surface area contributed by atoms with E-state index in [2.05, 4.69) is 10.3 Å². The van der Waals surface area contributed by atoms with Gasteiger partial charge in [-0.3, -0.25) is 4.79 Å². The molecule has 1 aliphatic heterocycles. The van der Waals surface area contributed by atoms with Gasteiger partial charge in [0.2, 0.25) is 11.4 Å².